The summed E-state index contributed by atoms with van der Waals surface area (Å²) < 4.78 is 0. The van der Waals surface area contributed by atoms with Gasteiger partial charge in [-0.25, -0.2) is 9.78 Å². The van der Waals surface area contributed by atoms with Crippen LogP contribution < -0.4 is 0 Å². The van der Waals surface area contributed by atoms with Gasteiger partial charge in [-0.05, 0) is 26.4 Å². The van der Waals surface area contributed by atoms with Gasteiger partial charge in [-0.15, -0.1) is 11.3 Å². The quantitative estimate of drug-likeness (QED) is 0.848. The van der Waals surface area contributed by atoms with E-state index in [1.54, 1.807) is 0 Å². The molecule has 1 aromatic heterocycles. The summed E-state index contributed by atoms with van der Waals surface area (Å²) in [6.07, 6.45) is 4.77. The van der Waals surface area contributed by atoms with E-state index in [0.29, 0.717) is 10.9 Å². The van der Waals surface area contributed by atoms with E-state index in [4.69, 9.17) is 5.11 Å². The number of carbonyl (C=O) groups is 1. The Balaban J connectivity index is 2.01. The molecule has 0 spiro atoms. The highest BCUT2D eigenvalue weighted by Crippen LogP contribution is 2.22. The molecule has 0 aliphatic carbocycles. The van der Waals surface area contributed by atoms with Gasteiger partial charge in [-0.1, -0.05) is 0 Å². The second-order valence-corrected chi connectivity index (χ2v) is 5.02. The number of aromatic nitrogens is 1. The van der Waals surface area contributed by atoms with Crippen molar-refractivity contribution in [1.29, 1.82) is 0 Å². The van der Waals surface area contributed by atoms with Crippen LogP contribution in [0.4, 0.5) is 0 Å². The third-order valence-corrected chi connectivity index (χ3v) is 3.85. The molecule has 1 aliphatic rings. The molecule has 82 valence electrons. The summed E-state index contributed by atoms with van der Waals surface area (Å²) in [5.74, 6) is -0.876. The van der Waals surface area contributed by atoms with E-state index in [2.05, 4.69) is 16.9 Å². The highest BCUT2D eigenvalue weighted by Gasteiger charge is 2.22. The lowest BCUT2D eigenvalue weighted by atomic mass is 10.1. The van der Waals surface area contributed by atoms with Crippen LogP contribution in [0.3, 0.4) is 0 Å². The fourth-order valence-corrected chi connectivity index (χ4v) is 2.77. The van der Waals surface area contributed by atoms with Crippen molar-refractivity contribution in [3.63, 3.8) is 0 Å². The van der Waals surface area contributed by atoms with Crippen molar-refractivity contribution in [3.05, 3.63) is 16.1 Å². The summed E-state index contributed by atoms with van der Waals surface area (Å²) in [6.45, 7) is 1.14. The first-order chi connectivity index (χ1) is 7.16. The molecule has 2 rings (SSSR count). The number of hydrogen-bond donors (Lipinski definition) is 1. The highest BCUT2D eigenvalue weighted by molar-refractivity contribution is 7.13. The van der Waals surface area contributed by atoms with Crippen molar-refractivity contribution in [3.8, 4) is 0 Å². The van der Waals surface area contributed by atoms with Gasteiger partial charge in [0.25, 0.3) is 0 Å². The van der Waals surface area contributed by atoms with Crippen LogP contribution in [0, 0.1) is 0 Å². The molecule has 1 aliphatic heterocycles. The van der Waals surface area contributed by atoms with Gasteiger partial charge < -0.3 is 10.0 Å². The number of hydrogen-bond acceptors (Lipinski definition) is 4. The van der Waals surface area contributed by atoms with E-state index < -0.39 is 5.97 Å². The minimum absolute atomic E-state index is 0.339. The van der Waals surface area contributed by atoms with Crippen molar-refractivity contribution in [2.45, 2.75) is 25.3 Å². The Kier molecular flexibility index (Phi) is 3.02. The second-order valence-electron chi connectivity index (χ2n) is 3.90. The van der Waals surface area contributed by atoms with Crippen molar-refractivity contribution >= 4 is 17.3 Å². The first-order valence-corrected chi connectivity index (χ1v) is 5.86. The molecule has 1 unspecified atom stereocenters. The van der Waals surface area contributed by atoms with Crippen LogP contribution in [0.5, 0.6) is 0 Å². The number of aromatic carboxylic acids is 1. The van der Waals surface area contributed by atoms with Gasteiger partial charge in [-0.2, -0.15) is 0 Å². The zero-order chi connectivity index (χ0) is 10.8. The monoisotopic (exact) mass is 226 g/mol. The van der Waals surface area contributed by atoms with Crippen LogP contribution in [0.15, 0.2) is 6.20 Å². The van der Waals surface area contributed by atoms with Crippen LogP contribution in [0.1, 0.15) is 27.5 Å². The van der Waals surface area contributed by atoms with E-state index in [1.807, 2.05) is 0 Å². The number of carboxylic acid groups (broad SMARTS) is 1. The molecular formula is C10H14N2O2S. The lowest BCUT2D eigenvalue weighted by Crippen LogP contribution is -2.26. The lowest BCUT2D eigenvalue weighted by molar-refractivity contribution is 0.0702. The van der Waals surface area contributed by atoms with E-state index in [9.17, 15) is 4.79 Å². The minimum Gasteiger partial charge on any atom is -0.477 e. The molecule has 0 radical (unpaired) electrons. The number of rotatable bonds is 3. The Morgan fingerprint density at radius 1 is 1.80 bits per heavy atom. The molecule has 5 heteroatoms. The summed E-state index contributed by atoms with van der Waals surface area (Å²) in [6, 6.07) is 0.540. The molecule has 1 fully saturated rings. The average Bonchev–Trinajstić information content (AvgIpc) is 2.77. The highest BCUT2D eigenvalue weighted by atomic mass is 32.1. The molecule has 0 aromatic carbocycles. The summed E-state index contributed by atoms with van der Waals surface area (Å²) in [4.78, 5) is 17.5. The molecule has 15 heavy (non-hydrogen) atoms. The lowest BCUT2D eigenvalue weighted by Gasteiger charge is -2.17. The molecule has 0 bridgehead atoms. The minimum atomic E-state index is -0.876. The SMILES string of the molecule is CN1CCCC1Cc1ncc(C(=O)O)s1. The molecular weight excluding hydrogens is 212 g/mol. The molecule has 0 amide bonds. The number of thiazole rings is 1. The van der Waals surface area contributed by atoms with Crippen molar-refractivity contribution in [2.24, 2.45) is 0 Å². The maximum absolute atomic E-state index is 10.7. The van der Waals surface area contributed by atoms with Gasteiger partial charge in [0.05, 0.1) is 11.2 Å². The fourth-order valence-electron chi connectivity index (χ4n) is 1.94. The van der Waals surface area contributed by atoms with Gasteiger partial charge in [0.15, 0.2) is 0 Å². The van der Waals surface area contributed by atoms with Crippen molar-refractivity contribution in [1.82, 2.24) is 9.88 Å². The predicted octanol–water partition coefficient (Wildman–Crippen LogP) is 1.48. The molecule has 1 N–H and O–H groups in total. The van der Waals surface area contributed by atoms with E-state index >= 15 is 0 Å². The Morgan fingerprint density at radius 2 is 2.60 bits per heavy atom. The van der Waals surface area contributed by atoms with Gasteiger partial charge in [-0.3, -0.25) is 0 Å². The number of likely N-dealkylation sites (N-methyl/N-ethyl adjacent to an activating group) is 1. The fraction of sp³-hybridized carbons (Fsp3) is 0.600. The van der Waals surface area contributed by atoms with Crippen LogP contribution in [-0.4, -0.2) is 40.6 Å². The summed E-state index contributed by atoms with van der Waals surface area (Å²) in [7, 11) is 2.11. The number of carboxylic acids is 1. The Morgan fingerprint density at radius 3 is 3.13 bits per heavy atom. The summed E-state index contributed by atoms with van der Waals surface area (Å²) in [5.41, 5.74) is 0. The zero-order valence-corrected chi connectivity index (χ0v) is 9.46. The smallest absolute Gasteiger partial charge is 0.347 e. The molecule has 4 nitrogen and oxygen atoms in total. The summed E-state index contributed by atoms with van der Waals surface area (Å²) in [5, 5.41) is 9.71. The van der Waals surface area contributed by atoms with E-state index in [1.165, 1.54) is 30.4 Å². The van der Waals surface area contributed by atoms with Crippen LogP contribution in [-0.2, 0) is 6.42 Å². The maximum Gasteiger partial charge on any atom is 0.347 e. The molecule has 1 saturated heterocycles. The standard InChI is InChI=1S/C10H14N2O2S/c1-12-4-2-3-7(12)5-9-11-6-8(15-9)10(13)14/h6-7H,2-5H2,1H3,(H,13,14). The Bertz CT molecular complexity index is 364. The van der Waals surface area contributed by atoms with Gasteiger partial charge in [0.1, 0.15) is 4.88 Å². The zero-order valence-electron chi connectivity index (χ0n) is 8.64. The summed E-state index contributed by atoms with van der Waals surface area (Å²) >= 11 is 1.29. The van der Waals surface area contributed by atoms with Crippen LogP contribution in [0.2, 0.25) is 0 Å². The normalized spacial score (nSPS) is 22.1. The number of nitrogens with zero attached hydrogens (tertiary/aromatic N) is 2. The molecule has 1 atom stereocenters. The number of likely N-dealkylation sites (tertiary alicyclic amines) is 1. The second kappa shape index (κ2) is 4.28. The van der Waals surface area contributed by atoms with Gasteiger partial charge in [0.2, 0.25) is 0 Å². The molecule has 2 heterocycles. The Labute approximate surface area is 92.6 Å². The third kappa shape index (κ3) is 2.35. The van der Waals surface area contributed by atoms with E-state index in [0.717, 1.165) is 18.0 Å². The Hall–Kier alpha value is -0.940. The molecule has 0 saturated carbocycles. The van der Waals surface area contributed by atoms with Crippen LogP contribution in [0.25, 0.3) is 0 Å². The molecule has 1 aromatic rings. The average molecular weight is 226 g/mol. The maximum atomic E-state index is 10.7. The van der Waals surface area contributed by atoms with Crippen molar-refractivity contribution in [2.75, 3.05) is 13.6 Å². The van der Waals surface area contributed by atoms with Crippen LogP contribution >= 0.6 is 11.3 Å². The van der Waals surface area contributed by atoms with E-state index in [-0.39, 0.29) is 0 Å². The first kappa shape index (κ1) is 10.6. The third-order valence-electron chi connectivity index (χ3n) is 2.85. The largest absolute Gasteiger partial charge is 0.477 e. The predicted molar refractivity (Wildman–Crippen MR) is 58.4 cm³/mol. The first-order valence-electron chi connectivity index (χ1n) is 5.05. The topological polar surface area (TPSA) is 53.4 Å². The van der Waals surface area contributed by atoms with Gasteiger partial charge in [0, 0.05) is 12.5 Å². The van der Waals surface area contributed by atoms with Gasteiger partial charge >= 0.3 is 5.97 Å². The van der Waals surface area contributed by atoms with Crippen molar-refractivity contribution < 1.29 is 9.90 Å².